The van der Waals surface area contributed by atoms with Crippen LogP contribution in [0.4, 0.5) is 5.95 Å². The highest BCUT2D eigenvalue weighted by Gasteiger charge is 2.19. The van der Waals surface area contributed by atoms with Gasteiger partial charge in [0.15, 0.2) is 11.5 Å². The molecule has 0 radical (unpaired) electrons. The summed E-state index contributed by atoms with van der Waals surface area (Å²) in [5, 5.41) is 18.6. The summed E-state index contributed by atoms with van der Waals surface area (Å²) < 4.78 is 1.76. The molecule has 3 aromatic heterocycles. The van der Waals surface area contributed by atoms with Crippen molar-refractivity contribution in [2.75, 3.05) is 11.9 Å². The van der Waals surface area contributed by atoms with Gasteiger partial charge in [-0.2, -0.15) is 4.52 Å². The average Bonchev–Trinajstić information content (AvgIpc) is 3.20. The van der Waals surface area contributed by atoms with Crippen LogP contribution in [0.5, 0.6) is 0 Å². The summed E-state index contributed by atoms with van der Waals surface area (Å²) in [6, 6.07) is 9.94. The van der Waals surface area contributed by atoms with Gasteiger partial charge in [0, 0.05) is 17.0 Å². The minimum absolute atomic E-state index is 0.402. The molecule has 4 aromatic rings. The number of rotatable bonds is 5. The number of thiophene rings is 1. The summed E-state index contributed by atoms with van der Waals surface area (Å²) in [5.41, 5.74) is 3.05. The molecule has 2 N–H and O–H groups in total. The number of anilines is 1. The third kappa shape index (κ3) is 2.83. The van der Waals surface area contributed by atoms with Gasteiger partial charge in [-0.05, 0) is 25.8 Å². The van der Waals surface area contributed by atoms with Crippen LogP contribution in [0.2, 0.25) is 0 Å². The zero-order valence-corrected chi connectivity index (χ0v) is 15.8. The molecule has 3 heterocycles. The van der Waals surface area contributed by atoms with Crippen molar-refractivity contribution in [3.8, 4) is 11.4 Å². The maximum atomic E-state index is 9.64. The van der Waals surface area contributed by atoms with Gasteiger partial charge >= 0.3 is 0 Å². The first-order valence-electron chi connectivity index (χ1n) is 8.74. The van der Waals surface area contributed by atoms with E-state index in [0.717, 1.165) is 27.8 Å². The van der Waals surface area contributed by atoms with E-state index in [-0.39, 0.29) is 0 Å². The summed E-state index contributed by atoms with van der Waals surface area (Å²) in [5.74, 6) is 1.28. The lowest BCUT2D eigenvalue weighted by molar-refractivity contribution is 0.208. The van der Waals surface area contributed by atoms with Gasteiger partial charge in [-0.3, -0.25) is 0 Å². The fourth-order valence-electron chi connectivity index (χ4n) is 3.13. The van der Waals surface area contributed by atoms with E-state index in [9.17, 15) is 5.11 Å². The van der Waals surface area contributed by atoms with E-state index >= 15 is 0 Å². The third-order valence-electron chi connectivity index (χ3n) is 4.37. The molecule has 0 saturated heterocycles. The lowest BCUT2D eigenvalue weighted by Gasteiger charge is -2.09. The highest BCUT2D eigenvalue weighted by molar-refractivity contribution is 7.18. The van der Waals surface area contributed by atoms with Gasteiger partial charge in [0.05, 0.1) is 11.5 Å². The maximum absolute atomic E-state index is 9.64. The highest BCUT2D eigenvalue weighted by Crippen LogP contribution is 2.34. The number of aromatic nitrogens is 4. The molecule has 0 fully saturated rings. The van der Waals surface area contributed by atoms with Crippen LogP contribution in [0.1, 0.15) is 24.3 Å². The zero-order chi connectivity index (χ0) is 18.3. The number of nitrogens with zero attached hydrogens (tertiary/aromatic N) is 4. The second-order valence-corrected chi connectivity index (χ2v) is 7.58. The van der Waals surface area contributed by atoms with Crippen LogP contribution in [0.25, 0.3) is 27.3 Å². The van der Waals surface area contributed by atoms with Crippen LogP contribution in [0.3, 0.4) is 0 Å². The Morgan fingerprint density at radius 1 is 1.23 bits per heavy atom. The Morgan fingerprint density at radius 3 is 2.69 bits per heavy atom. The van der Waals surface area contributed by atoms with E-state index in [1.807, 2.05) is 30.3 Å². The standard InChI is InChI=1S/C19H21N5OS/c1-4-14-12(3)26-18-15(14)17-21-16(13-8-6-5-7-9-13)23-24(17)19(22-18)20-10-11(2)25/h5-9,11,25H,4,10H2,1-3H3,(H,20,22)/t11-/m0/s1. The second-order valence-electron chi connectivity index (χ2n) is 6.37. The summed E-state index contributed by atoms with van der Waals surface area (Å²) >= 11 is 1.68. The number of fused-ring (bicyclic) bond motifs is 3. The van der Waals surface area contributed by atoms with Gasteiger partial charge in [0.1, 0.15) is 4.83 Å². The lowest BCUT2D eigenvalue weighted by Crippen LogP contribution is -2.18. The monoisotopic (exact) mass is 367 g/mol. The molecule has 134 valence electrons. The minimum atomic E-state index is -0.476. The average molecular weight is 367 g/mol. The van der Waals surface area contributed by atoms with Gasteiger partial charge in [0.25, 0.3) is 0 Å². The van der Waals surface area contributed by atoms with Crippen molar-refractivity contribution in [2.45, 2.75) is 33.3 Å². The number of aryl methyl sites for hydroxylation is 2. The maximum Gasteiger partial charge on any atom is 0.227 e. The number of hydrogen-bond acceptors (Lipinski definition) is 6. The minimum Gasteiger partial charge on any atom is -0.392 e. The first-order valence-corrected chi connectivity index (χ1v) is 9.56. The van der Waals surface area contributed by atoms with Crippen molar-refractivity contribution in [2.24, 2.45) is 0 Å². The van der Waals surface area contributed by atoms with Crippen molar-refractivity contribution < 1.29 is 5.11 Å². The predicted molar refractivity (Wildman–Crippen MR) is 106 cm³/mol. The topological polar surface area (TPSA) is 75.3 Å². The molecule has 0 amide bonds. The number of aliphatic hydroxyl groups excluding tert-OH is 1. The third-order valence-corrected chi connectivity index (χ3v) is 5.41. The van der Waals surface area contributed by atoms with E-state index in [0.29, 0.717) is 18.3 Å². The summed E-state index contributed by atoms with van der Waals surface area (Å²) in [7, 11) is 0. The van der Waals surface area contributed by atoms with Crippen LogP contribution in [0.15, 0.2) is 30.3 Å². The summed E-state index contributed by atoms with van der Waals surface area (Å²) in [6.07, 6.45) is 0.452. The Kier molecular flexibility index (Phi) is 4.34. The molecule has 1 atom stereocenters. The Hall–Kier alpha value is -2.51. The molecule has 0 saturated carbocycles. The van der Waals surface area contributed by atoms with Crippen molar-refractivity contribution in [1.82, 2.24) is 19.6 Å². The fraction of sp³-hybridized carbons (Fsp3) is 0.316. The second kappa shape index (κ2) is 6.66. The summed E-state index contributed by atoms with van der Waals surface area (Å²) in [4.78, 5) is 11.8. The normalized spacial score (nSPS) is 12.8. The molecule has 0 unspecified atom stereocenters. The van der Waals surface area contributed by atoms with E-state index in [2.05, 4.69) is 19.2 Å². The molecule has 1 aromatic carbocycles. The number of aliphatic hydroxyl groups is 1. The SMILES string of the molecule is CCc1c(C)sc2nc(NC[C@H](C)O)n3nc(-c4ccccc4)nc3c12. The lowest BCUT2D eigenvalue weighted by atomic mass is 10.1. The van der Waals surface area contributed by atoms with E-state index in [1.165, 1.54) is 10.4 Å². The predicted octanol–water partition coefficient (Wildman–Crippen LogP) is 3.67. The van der Waals surface area contributed by atoms with Gasteiger partial charge in [-0.25, -0.2) is 9.97 Å². The smallest absolute Gasteiger partial charge is 0.227 e. The molecule has 0 aliphatic carbocycles. The fourth-order valence-corrected chi connectivity index (χ4v) is 4.23. The number of nitrogens with one attached hydrogen (secondary N) is 1. The molecular weight excluding hydrogens is 346 g/mol. The Labute approximate surface area is 155 Å². The van der Waals surface area contributed by atoms with Crippen LogP contribution >= 0.6 is 11.3 Å². The van der Waals surface area contributed by atoms with Crippen LogP contribution in [-0.4, -0.2) is 37.3 Å². The molecule has 6 nitrogen and oxygen atoms in total. The first-order chi connectivity index (χ1) is 12.6. The molecule has 26 heavy (non-hydrogen) atoms. The van der Waals surface area contributed by atoms with Gasteiger partial charge < -0.3 is 10.4 Å². The summed E-state index contributed by atoms with van der Waals surface area (Å²) in [6.45, 7) is 6.42. The molecular formula is C19H21N5OS. The van der Waals surface area contributed by atoms with Crippen LogP contribution < -0.4 is 5.32 Å². The van der Waals surface area contributed by atoms with Gasteiger partial charge in [-0.1, -0.05) is 37.3 Å². The van der Waals surface area contributed by atoms with Crippen molar-refractivity contribution >= 4 is 33.1 Å². The van der Waals surface area contributed by atoms with E-state index < -0.39 is 6.10 Å². The van der Waals surface area contributed by atoms with Gasteiger partial charge in [-0.15, -0.1) is 16.4 Å². The van der Waals surface area contributed by atoms with Crippen LogP contribution in [0, 0.1) is 6.92 Å². The molecule has 0 aliphatic rings. The Morgan fingerprint density at radius 2 is 2.00 bits per heavy atom. The molecule has 0 spiro atoms. The van der Waals surface area contributed by atoms with E-state index in [1.54, 1.807) is 22.8 Å². The largest absolute Gasteiger partial charge is 0.392 e. The first kappa shape index (κ1) is 16.9. The molecule has 4 rings (SSSR count). The number of hydrogen-bond donors (Lipinski definition) is 2. The number of benzene rings is 1. The van der Waals surface area contributed by atoms with Crippen molar-refractivity contribution in [1.29, 1.82) is 0 Å². The Bertz CT molecular complexity index is 1070. The highest BCUT2D eigenvalue weighted by atomic mass is 32.1. The van der Waals surface area contributed by atoms with Crippen LogP contribution in [-0.2, 0) is 6.42 Å². The van der Waals surface area contributed by atoms with Crippen molar-refractivity contribution in [3.63, 3.8) is 0 Å². The van der Waals surface area contributed by atoms with Gasteiger partial charge in [0.2, 0.25) is 5.95 Å². The quantitative estimate of drug-likeness (QED) is 0.563. The van der Waals surface area contributed by atoms with Crippen molar-refractivity contribution in [3.05, 3.63) is 40.8 Å². The molecule has 7 heteroatoms. The molecule has 0 bridgehead atoms. The molecule has 0 aliphatic heterocycles. The zero-order valence-electron chi connectivity index (χ0n) is 15.0. The Balaban J connectivity index is 1.99. The van der Waals surface area contributed by atoms with E-state index in [4.69, 9.17) is 15.1 Å².